The lowest BCUT2D eigenvalue weighted by Crippen LogP contribution is -2.38. The molecule has 0 unspecified atom stereocenters. The first kappa shape index (κ1) is 19.9. The molecule has 1 aromatic carbocycles. The van der Waals surface area contributed by atoms with Gasteiger partial charge in [-0.15, -0.1) is 35.3 Å². The van der Waals surface area contributed by atoms with Gasteiger partial charge in [-0.25, -0.2) is 9.98 Å². The molecule has 2 aromatic rings. The third kappa shape index (κ3) is 7.30. The highest BCUT2D eigenvalue weighted by Gasteiger charge is 2.01. The summed E-state index contributed by atoms with van der Waals surface area (Å²) in [6, 6.07) is 8.49. The second-order valence-electron chi connectivity index (χ2n) is 5.22. The smallest absolute Gasteiger partial charge is 0.191 e. The molecule has 23 heavy (non-hydrogen) atoms. The molecule has 1 heterocycles. The van der Waals surface area contributed by atoms with E-state index in [2.05, 4.69) is 65.6 Å². The van der Waals surface area contributed by atoms with Gasteiger partial charge < -0.3 is 10.6 Å². The average Bonchev–Trinajstić information content (AvgIpc) is 2.92. The van der Waals surface area contributed by atoms with Crippen LogP contribution in [0.15, 0.2) is 35.5 Å². The Morgan fingerprint density at radius 1 is 1.17 bits per heavy atom. The van der Waals surface area contributed by atoms with Crippen LogP contribution >= 0.6 is 35.3 Å². The molecule has 2 rings (SSSR count). The summed E-state index contributed by atoms with van der Waals surface area (Å²) < 4.78 is 0. The first-order valence-electron chi connectivity index (χ1n) is 7.66. The van der Waals surface area contributed by atoms with Crippen molar-refractivity contribution in [1.82, 2.24) is 15.6 Å². The number of guanidine groups is 1. The molecule has 0 amide bonds. The Bertz CT molecular complexity index is 607. The van der Waals surface area contributed by atoms with Crippen molar-refractivity contribution in [3.8, 4) is 0 Å². The number of aliphatic imine (C=N–C) groups is 1. The quantitative estimate of drug-likeness (QED) is 0.406. The maximum atomic E-state index is 4.63. The van der Waals surface area contributed by atoms with E-state index in [-0.39, 0.29) is 24.0 Å². The zero-order valence-corrected chi connectivity index (χ0v) is 17.1. The number of rotatable bonds is 6. The fourth-order valence-electron chi connectivity index (χ4n) is 2.01. The Morgan fingerprint density at radius 2 is 1.91 bits per heavy atom. The van der Waals surface area contributed by atoms with Crippen LogP contribution in [0.25, 0.3) is 0 Å². The standard InChI is InChI=1S/C17H24N4S.HI/c1-4-18-17(19-10-9-16-20-11-14(3)22-16)21-12-15-7-5-13(2)6-8-15;/h5-8,11H,4,9-10,12H2,1-3H3,(H2,18,19,21);1H. The zero-order chi connectivity index (χ0) is 15.8. The molecule has 0 atom stereocenters. The number of aryl methyl sites for hydroxylation is 2. The van der Waals surface area contributed by atoms with Gasteiger partial charge in [-0.05, 0) is 26.3 Å². The van der Waals surface area contributed by atoms with Gasteiger partial charge in [-0.2, -0.15) is 0 Å². The molecule has 0 saturated carbocycles. The van der Waals surface area contributed by atoms with Gasteiger partial charge in [0.25, 0.3) is 0 Å². The highest BCUT2D eigenvalue weighted by atomic mass is 127. The van der Waals surface area contributed by atoms with E-state index in [1.807, 2.05) is 6.20 Å². The van der Waals surface area contributed by atoms with Gasteiger partial charge in [0.2, 0.25) is 0 Å². The van der Waals surface area contributed by atoms with Crippen LogP contribution in [-0.4, -0.2) is 24.0 Å². The summed E-state index contributed by atoms with van der Waals surface area (Å²) in [6.07, 6.45) is 2.85. The van der Waals surface area contributed by atoms with E-state index in [1.165, 1.54) is 21.0 Å². The molecular weight excluding hydrogens is 419 g/mol. The molecule has 4 nitrogen and oxygen atoms in total. The summed E-state index contributed by atoms with van der Waals surface area (Å²) in [6.45, 7) is 8.64. The van der Waals surface area contributed by atoms with Crippen LogP contribution in [0.3, 0.4) is 0 Å². The van der Waals surface area contributed by atoms with Gasteiger partial charge in [0.05, 0.1) is 11.6 Å². The van der Waals surface area contributed by atoms with Crippen molar-refractivity contribution in [1.29, 1.82) is 0 Å². The highest BCUT2D eigenvalue weighted by Crippen LogP contribution is 2.10. The normalized spacial score (nSPS) is 11.0. The first-order chi connectivity index (χ1) is 10.7. The Labute approximate surface area is 159 Å². The monoisotopic (exact) mass is 444 g/mol. The summed E-state index contributed by atoms with van der Waals surface area (Å²) in [7, 11) is 0. The largest absolute Gasteiger partial charge is 0.357 e. The van der Waals surface area contributed by atoms with Crippen LogP contribution in [0.4, 0.5) is 0 Å². The molecule has 0 radical (unpaired) electrons. The predicted octanol–water partition coefficient (Wildman–Crippen LogP) is 3.68. The van der Waals surface area contributed by atoms with Crippen LogP contribution < -0.4 is 10.6 Å². The number of benzene rings is 1. The van der Waals surface area contributed by atoms with Gasteiger partial charge in [-0.1, -0.05) is 29.8 Å². The lowest BCUT2D eigenvalue weighted by Gasteiger charge is -2.10. The van der Waals surface area contributed by atoms with Crippen molar-refractivity contribution in [2.45, 2.75) is 33.7 Å². The second kappa shape index (κ2) is 10.6. The summed E-state index contributed by atoms with van der Waals surface area (Å²) in [5.74, 6) is 0.858. The molecule has 0 fully saturated rings. The molecule has 1 aromatic heterocycles. The summed E-state index contributed by atoms with van der Waals surface area (Å²) in [4.78, 5) is 10.3. The minimum Gasteiger partial charge on any atom is -0.357 e. The van der Waals surface area contributed by atoms with Gasteiger partial charge in [-0.3, -0.25) is 0 Å². The third-order valence-corrected chi connectivity index (χ3v) is 4.16. The first-order valence-corrected chi connectivity index (χ1v) is 8.48. The minimum atomic E-state index is 0. The number of halogens is 1. The Hall–Kier alpha value is -1.15. The van der Waals surface area contributed by atoms with Crippen molar-refractivity contribution in [3.05, 3.63) is 51.5 Å². The Balaban J connectivity index is 0.00000264. The molecule has 0 aliphatic carbocycles. The summed E-state index contributed by atoms with van der Waals surface area (Å²) in [5.41, 5.74) is 2.50. The fraction of sp³-hybridized carbons (Fsp3) is 0.412. The van der Waals surface area contributed by atoms with E-state index in [1.54, 1.807) is 11.3 Å². The second-order valence-corrected chi connectivity index (χ2v) is 6.54. The minimum absolute atomic E-state index is 0. The van der Waals surface area contributed by atoms with Crippen LogP contribution in [0.2, 0.25) is 0 Å². The number of aromatic nitrogens is 1. The topological polar surface area (TPSA) is 49.3 Å². The lowest BCUT2D eigenvalue weighted by molar-refractivity contribution is 0.796. The van der Waals surface area contributed by atoms with E-state index in [0.29, 0.717) is 6.54 Å². The molecule has 0 aliphatic rings. The van der Waals surface area contributed by atoms with Crippen LogP contribution in [0.5, 0.6) is 0 Å². The summed E-state index contributed by atoms with van der Waals surface area (Å²) in [5, 5.41) is 7.81. The third-order valence-electron chi connectivity index (χ3n) is 3.19. The van der Waals surface area contributed by atoms with Gasteiger partial charge in [0, 0.05) is 30.6 Å². The fourth-order valence-corrected chi connectivity index (χ4v) is 2.80. The number of hydrogen-bond acceptors (Lipinski definition) is 3. The van der Waals surface area contributed by atoms with E-state index >= 15 is 0 Å². The average molecular weight is 444 g/mol. The van der Waals surface area contributed by atoms with Crippen molar-refractivity contribution in [3.63, 3.8) is 0 Å². The molecule has 2 N–H and O–H groups in total. The number of thiazole rings is 1. The molecule has 0 saturated heterocycles. The number of hydrogen-bond donors (Lipinski definition) is 2. The zero-order valence-electron chi connectivity index (χ0n) is 13.9. The van der Waals surface area contributed by atoms with Crippen molar-refractivity contribution >= 4 is 41.3 Å². The maximum Gasteiger partial charge on any atom is 0.191 e. The molecule has 126 valence electrons. The van der Waals surface area contributed by atoms with Crippen molar-refractivity contribution < 1.29 is 0 Å². The van der Waals surface area contributed by atoms with Crippen molar-refractivity contribution in [2.75, 3.05) is 13.1 Å². The predicted molar refractivity (Wildman–Crippen MR) is 110 cm³/mol. The van der Waals surface area contributed by atoms with Gasteiger partial charge >= 0.3 is 0 Å². The molecule has 0 bridgehead atoms. The highest BCUT2D eigenvalue weighted by molar-refractivity contribution is 14.0. The van der Waals surface area contributed by atoms with Crippen LogP contribution in [0.1, 0.15) is 27.9 Å². The summed E-state index contributed by atoms with van der Waals surface area (Å²) >= 11 is 1.75. The van der Waals surface area contributed by atoms with E-state index < -0.39 is 0 Å². The van der Waals surface area contributed by atoms with E-state index in [9.17, 15) is 0 Å². The molecule has 0 aliphatic heterocycles. The number of nitrogens with zero attached hydrogens (tertiary/aromatic N) is 2. The Kier molecular flexibility index (Phi) is 9.16. The molecule has 6 heteroatoms. The van der Waals surface area contributed by atoms with Gasteiger partial charge in [0.15, 0.2) is 5.96 Å². The van der Waals surface area contributed by atoms with E-state index in [4.69, 9.17) is 0 Å². The maximum absolute atomic E-state index is 4.63. The molecular formula is C17H25IN4S. The van der Waals surface area contributed by atoms with Crippen LogP contribution in [-0.2, 0) is 13.0 Å². The lowest BCUT2D eigenvalue weighted by atomic mass is 10.1. The molecule has 0 spiro atoms. The van der Waals surface area contributed by atoms with E-state index in [0.717, 1.165) is 25.5 Å². The number of nitrogens with one attached hydrogen (secondary N) is 2. The SMILES string of the molecule is CCNC(=NCc1ccc(C)cc1)NCCc1ncc(C)s1.I. The Morgan fingerprint density at radius 3 is 2.52 bits per heavy atom. The van der Waals surface area contributed by atoms with Crippen molar-refractivity contribution in [2.24, 2.45) is 4.99 Å². The van der Waals surface area contributed by atoms with Gasteiger partial charge in [0.1, 0.15) is 0 Å². The van der Waals surface area contributed by atoms with Crippen LogP contribution in [0, 0.1) is 13.8 Å².